The summed E-state index contributed by atoms with van der Waals surface area (Å²) >= 11 is 0. The zero-order valence-electron chi connectivity index (χ0n) is 9.31. The average molecular weight is 240 g/mol. The van der Waals surface area contributed by atoms with Crippen molar-refractivity contribution in [1.29, 1.82) is 0 Å². The van der Waals surface area contributed by atoms with Crippen LogP contribution in [0.1, 0.15) is 12.0 Å². The van der Waals surface area contributed by atoms with E-state index in [0.29, 0.717) is 13.1 Å². The monoisotopic (exact) mass is 240 g/mol. The van der Waals surface area contributed by atoms with Crippen molar-refractivity contribution in [2.45, 2.75) is 13.0 Å². The fourth-order valence-electron chi connectivity index (χ4n) is 2.00. The van der Waals surface area contributed by atoms with E-state index < -0.39 is 10.0 Å². The molecule has 1 heterocycles. The quantitative estimate of drug-likeness (QED) is 0.855. The molecule has 0 radical (unpaired) electrons. The Morgan fingerprint density at radius 1 is 1.38 bits per heavy atom. The lowest BCUT2D eigenvalue weighted by molar-refractivity contribution is 0.599. The van der Waals surface area contributed by atoms with Gasteiger partial charge in [0.15, 0.2) is 0 Å². The van der Waals surface area contributed by atoms with Crippen LogP contribution in [0.2, 0.25) is 0 Å². The van der Waals surface area contributed by atoms with Gasteiger partial charge in [0.05, 0.1) is 11.4 Å². The van der Waals surface area contributed by atoms with Crippen LogP contribution in [0.4, 0.5) is 5.69 Å². The number of rotatable bonds is 3. The molecule has 2 rings (SSSR count). The maximum Gasteiger partial charge on any atom is 0.235 e. The molecule has 0 bridgehead atoms. The predicted octanol–water partition coefficient (Wildman–Crippen LogP) is 0.946. The molecule has 5 heteroatoms. The highest BCUT2D eigenvalue weighted by atomic mass is 32.2. The summed E-state index contributed by atoms with van der Waals surface area (Å²) in [6, 6.07) is 7.64. The molecule has 88 valence electrons. The lowest BCUT2D eigenvalue weighted by Gasteiger charge is -2.20. The Morgan fingerprint density at radius 2 is 2.12 bits per heavy atom. The van der Waals surface area contributed by atoms with E-state index in [2.05, 4.69) is 5.32 Å². The Labute approximate surface area is 96.3 Å². The maximum absolute atomic E-state index is 11.8. The van der Waals surface area contributed by atoms with Crippen molar-refractivity contribution in [1.82, 2.24) is 5.32 Å². The third kappa shape index (κ3) is 2.05. The molecule has 4 nitrogen and oxygen atoms in total. The summed E-state index contributed by atoms with van der Waals surface area (Å²) in [5.74, 6) is 0.265. The molecule has 1 aliphatic heterocycles. The molecule has 0 atom stereocenters. The van der Waals surface area contributed by atoms with Crippen molar-refractivity contribution in [3.05, 3.63) is 29.8 Å². The van der Waals surface area contributed by atoms with E-state index in [4.69, 9.17) is 0 Å². The molecular weight excluding hydrogens is 224 g/mol. The van der Waals surface area contributed by atoms with E-state index in [1.807, 2.05) is 31.3 Å². The van der Waals surface area contributed by atoms with Crippen molar-refractivity contribution >= 4 is 15.7 Å². The molecule has 1 aromatic rings. The molecule has 0 aromatic heterocycles. The van der Waals surface area contributed by atoms with Crippen molar-refractivity contribution in [3.8, 4) is 0 Å². The van der Waals surface area contributed by atoms with Gasteiger partial charge in [0.25, 0.3) is 0 Å². The Balaban J connectivity index is 2.40. The van der Waals surface area contributed by atoms with E-state index in [1.54, 1.807) is 0 Å². The molecule has 1 aliphatic rings. The van der Waals surface area contributed by atoms with Crippen LogP contribution in [0.3, 0.4) is 0 Å². The average Bonchev–Trinajstić information content (AvgIpc) is 2.59. The molecular formula is C11H16N2O2S. The minimum absolute atomic E-state index is 0.265. The summed E-state index contributed by atoms with van der Waals surface area (Å²) in [4.78, 5) is 0. The second kappa shape index (κ2) is 4.43. The zero-order valence-corrected chi connectivity index (χ0v) is 10.1. The van der Waals surface area contributed by atoms with Crippen molar-refractivity contribution in [2.24, 2.45) is 0 Å². The van der Waals surface area contributed by atoms with Gasteiger partial charge in [-0.3, -0.25) is 4.31 Å². The lowest BCUT2D eigenvalue weighted by atomic mass is 10.1. The van der Waals surface area contributed by atoms with E-state index in [1.165, 1.54) is 4.31 Å². The summed E-state index contributed by atoms with van der Waals surface area (Å²) < 4.78 is 25.2. The Kier molecular flexibility index (Phi) is 3.16. The van der Waals surface area contributed by atoms with Crippen molar-refractivity contribution in [2.75, 3.05) is 23.7 Å². The van der Waals surface area contributed by atoms with Gasteiger partial charge in [-0.1, -0.05) is 18.2 Å². The second-order valence-electron chi connectivity index (χ2n) is 3.90. The molecule has 16 heavy (non-hydrogen) atoms. The Bertz CT molecular complexity index is 471. The standard InChI is InChI=1S/C11H16N2O2S/c1-12-9-10-5-2-3-6-11(10)13-7-4-8-16(13,14)15/h2-3,5-6,12H,4,7-9H2,1H3. The number of hydrogen-bond acceptors (Lipinski definition) is 3. The first kappa shape index (κ1) is 11.4. The highest BCUT2D eigenvalue weighted by molar-refractivity contribution is 7.93. The fourth-order valence-corrected chi connectivity index (χ4v) is 3.60. The van der Waals surface area contributed by atoms with E-state index in [9.17, 15) is 8.42 Å². The Hall–Kier alpha value is -1.07. The van der Waals surface area contributed by atoms with Crippen LogP contribution in [0.15, 0.2) is 24.3 Å². The number of anilines is 1. The fraction of sp³-hybridized carbons (Fsp3) is 0.455. The molecule has 0 spiro atoms. The van der Waals surface area contributed by atoms with Crippen LogP contribution in [0, 0.1) is 0 Å². The van der Waals surface area contributed by atoms with E-state index >= 15 is 0 Å². The van der Waals surface area contributed by atoms with Crippen LogP contribution in [-0.4, -0.2) is 27.8 Å². The number of hydrogen-bond donors (Lipinski definition) is 1. The molecule has 1 saturated heterocycles. The molecule has 0 unspecified atom stereocenters. The van der Waals surface area contributed by atoms with Gasteiger partial charge in [0.2, 0.25) is 10.0 Å². The highest BCUT2D eigenvalue weighted by Crippen LogP contribution is 2.27. The van der Waals surface area contributed by atoms with E-state index in [-0.39, 0.29) is 5.75 Å². The normalized spacial score (nSPS) is 18.9. The number of nitrogens with one attached hydrogen (secondary N) is 1. The summed E-state index contributed by atoms with van der Waals surface area (Å²) in [5.41, 5.74) is 1.84. The SMILES string of the molecule is CNCc1ccccc1N1CCCS1(=O)=O. The van der Waals surface area contributed by atoms with Gasteiger partial charge in [-0.05, 0) is 25.1 Å². The first-order chi connectivity index (χ1) is 7.65. The first-order valence-electron chi connectivity index (χ1n) is 5.38. The van der Waals surface area contributed by atoms with Gasteiger partial charge in [0.1, 0.15) is 0 Å². The summed E-state index contributed by atoms with van der Waals surface area (Å²) in [6.45, 7) is 1.28. The second-order valence-corrected chi connectivity index (χ2v) is 5.91. The predicted molar refractivity (Wildman–Crippen MR) is 65.0 cm³/mol. The highest BCUT2D eigenvalue weighted by Gasteiger charge is 2.29. The number of benzene rings is 1. The van der Waals surface area contributed by atoms with Gasteiger partial charge in [-0.2, -0.15) is 0 Å². The minimum Gasteiger partial charge on any atom is -0.316 e. The summed E-state index contributed by atoms with van der Waals surface area (Å²) in [7, 11) is -1.22. The maximum atomic E-state index is 11.8. The zero-order chi connectivity index (χ0) is 11.6. The van der Waals surface area contributed by atoms with Gasteiger partial charge in [0, 0.05) is 13.1 Å². The van der Waals surface area contributed by atoms with Gasteiger partial charge >= 0.3 is 0 Å². The molecule has 1 N–H and O–H groups in total. The van der Waals surface area contributed by atoms with Crippen LogP contribution in [-0.2, 0) is 16.6 Å². The summed E-state index contributed by atoms with van der Waals surface area (Å²) in [5, 5.41) is 3.05. The van der Waals surface area contributed by atoms with E-state index in [0.717, 1.165) is 17.7 Å². The molecule has 1 aromatic carbocycles. The molecule has 1 fully saturated rings. The third-order valence-electron chi connectivity index (χ3n) is 2.73. The minimum atomic E-state index is -3.08. The topological polar surface area (TPSA) is 49.4 Å². The number of para-hydroxylation sites is 1. The molecule has 0 amide bonds. The largest absolute Gasteiger partial charge is 0.316 e. The smallest absolute Gasteiger partial charge is 0.235 e. The summed E-state index contributed by atoms with van der Waals surface area (Å²) in [6.07, 6.45) is 0.718. The van der Waals surface area contributed by atoms with Crippen LogP contribution < -0.4 is 9.62 Å². The Morgan fingerprint density at radius 3 is 2.75 bits per heavy atom. The van der Waals surface area contributed by atoms with Crippen LogP contribution in [0.5, 0.6) is 0 Å². The van der Waals surface area contributed by atoms with Crippen LogP contribution in [0.25, 0.3) is 0 Å². The number of nitrogens with zero attached hydrogens (tertiary/aromatic N) is 1. The third-order valence-corrected chi connectivity index (χ3v) is 4.58. The molecule has 0 aliphatic carbocycles. The van der Waals surface area contributed by atoms with Crippen molar-refractivity contribution in [3.63, 3.8) is 0 Å². The van der Waals surface area contributed by atoms with Gasteiger partial charge < -0.3 is 5.32 Å². The van der Waals surface area contributed by atoms with Crippen molar-refractivity contribution < 1.29 is 8.42 Å². The lowest BCUT2D eigenvalue weighted by Crippen LogP contribution is -2.26. The van der Waals surface area contributed by atoms with Gasteiger partial charge in [-0.25, -0.2) is 8.42 Å². The van der Waals surface area contributed by atoms with Gasteiger partial charge in [-0.15, -0.1) is 0 Å². The first-order valence-corrected chi connectivity index (χ1v) is 6.99. The molecule has 0 saturated carbocycles. The number of sulfonamides is 1. The van der Waals surface area contributed by atoms with Crippen LogP contribution >= 0.6 is 0 Å².